The maximum atomic E-state index is 13.3. The van der Waals surface area contributed by atoms with Crippen LogP contribution in [0.3, 0.4) is 0 Å². The molecule has 1 N–H and O–H groups in total. The van der Waals surface area contributed by atoms with Gasteiger partial charge in [0, 0.05) is 41.2 Å². The number of nitrogens with one attached hydrogen (secondary N) is 1. The maximum Gasteiger partial charge on any atom is 0.248 e. The Morgan fingerprint density at radius 1 is 1.12 bits per heavy atom. The van der Waals surface area contributed by atoms with Crippen LogP contribution in [0.15, 0.2) is 60.8 Å². The number of benzene rings is 2. The van der Waals surface area contributed by atoms with Crippen molar-refractivity contribution in [3.05, 3.63) is 93.3 Å². The van der Waals surface area contributed by atoms with Gasteiger partial charge in [-0.1, -0.05) is 12.1 Å². The molecule has 0 fully saturated rings. The molecule has 0 aliphatic heterocycles. The van der Waals surface area contributed by atoms with Gasteiger partial charge in [-0.05, 0) is 73.7 Å². The Morgan fingerprint density at radius 3 is 2.65 bits per heavy atom. The zero-order chi connectivity index (χ0) is 23.5. The highest BCUT2D eigenvalue weighted by atomic mass is 32.1. The lowest BCUT2D eigenvalue weighted by atomic mass is 10.0. The average molecular weight is 473 g/mol. The maximum absolute atomic E-state index is 13.3. The van der Waals surface area contributed by atoms with E-state index in [2.05, 4.69) is 10.4 Å². The van der Waals surface area contributed by atoms with E-state index in [0.717, 1.165) is 41.8 Å². The number of nitrogens with zero attached hydrogens (tertiary/aromatic N) is 3. The molecule has 2 heterocycles. The number of carbonyl (C=O) groups excluding carboxylic acids is 1. The SMILES string of the molecule is Cn1ncc(/C=C/C(=O)Nc2ccc(Cc3nc4c(s3)CCCC4)cc2)c1-c1ccc(F)cc1. The molecule has 0 atom stereocenters. The molecule has 34 heavy (non-hydrogen) atoms. The van der Waals surface area contributed by atoms with Crippen molar-refractivity contribution in [2.45, 2.75) is 32.1 Å². The van der Waals surface area contributed by atoms with E-state index in [1.807, 2.05) is 42.6 Å². The Labute approximate surface area is 202 Å². The number of rotatable bonds is 6. The van der Waals surface area contributed by atoms with Crippen LogP contribution in [0.25, 0.3) is 17.3 Å². The summed E-state index contributed by atoms with van der Waals surface area (Å²) in [6, 6.07) is 14.1. The number of halogens is 1. The van der Waals surface area contributed by atoms with Gasteiger partial charge < -0.3 is 5.32 Å². The zero-order valence-corrected chi connectivity index (χ0v) is 19.7. The lowest BCUT2D eigenvalue weighted by Gasteiger charge is -2.06. The fourth-order valence-corrected chi connectivity index (χ4v) is 5.44. The van der Waals surface area contributed by atoms with Crippen molar-refractivity contribution < 1.29 is 9.18 Å². The summed E-state index contributed by atoms with van der Waals surface area (Å²) in [5, 5.41) is 8.35. The number of carbonyl (C=O) groups is 1. The molecule has 5 nitrogen and oxygen atoms in total. The second-order valence-electron chi connectivity index (χ2n) is 8.46. The first kappa shape index (κ1) is 22.2. The molecule has 0 saturated heterocycles. The van der Waals surface area contributed by atoms with Crippen LogP contribution in [-0.4, -0.2) is 20.7 Å². The molecule has 1 amide bonds. The molecule has 0 unspecified atom stereocenters. The molecule has 0 saturated carbocycles. The van der Waals surface area contributed by atoms with Gasteiger partial charge in [0.05, 0.1) is 22.6 Å². The van der Waals surface area contributed by atoms with Gasteiger partial charge in [-0.15, -0.1) is 11.3 Å². The number of hydrogen-bond acceptors (Lipinski definition) is 4. The van der Waals surface area contributed by atoms with Crippen LogP contribution in [0.2, 0.25) is 0 Å². The first-order valence-corrected chi connectivity index (χ1v) is 12.2. The smallest absolute Gasteiger partial charge is 0.248 e. The molecule has 0 bridgehead atoms. The summed E-state index contributed by atoms with van der Waals surface area (Å²) >= 11 is 1.84. The van der Waals surface area contributed by atoms with Crippen LogP contribution < -0.4 is 5.32 Å². The van der Waals surface area contributed by atoms with Crippen molar-refractivity contribution in [3.8, 4) is 11.3 Å². The Bertz CT molecular complexity index is 1310. The van der Waals surface area contributed by atoms with E-state index in [4.69, 9.17) is 4.98 Å². The van der Waals surface area contributed by atoms with Crippen molar-refractivity contribution in [3.63, 3.8) is 0 Å². The minimum atomic E-state index is -0.292. The number of aromatic nitrogens is 3. The fourth-order valence-electron chi connectivity index (χ4n) is 4.25. The molecule has 2 aromatic heterocycles. The Morgan fingerprint density at radius 2 is 1.88 bits per heavy atom. The average Bonchev–Trinajstić information content (AvgIpc) is 3.42. The summed E-state index contributed by atoms with van der Waals surface area (Å²) in [6.07, 6.45) is 10.5. The summed E-state index contributed by atoms with van der Waals surface area (Å²) < 4.78 is 15.0. The molecule has 2 aromatic carbocycles. The lowest BCUT2D eigenvalue weighted by molar-refractivity contribution is -0.111. The van der Waals surface area contributed by atoms with Gasteiger partial charge in [-0.3, -0.25) is 9.48 Å². The van der Waals surface area contributed by atoms with E-state index in [0.29, 0.717) is 0 Å². The molecule has 0 radical (unpaired) electrons. The molecule has 7 heteroatoms. The third-order valence-electron chi connectivity index (χ3n) is 5.97. The van der Waals surface area contributed by atoms with Gasteiger partial charge in [-0.2, -0.15) is 5.10 Å². The first-order chi connectivity index (χ1) is 16.5. The van der Waals surface area contributed by atoms with E-state index >= 15 is 0 Å². The molecule has 5 rings (SSSR count). The molecular weight excluding hydrogens is 447 g/mol. The predicted molar refractivity (Wildman–Crippen MR) is 134 cm³/mol. The number of hydrogen-bond donors (Lipinski definition) is 1. The molecule has 1 aliphatic carbocycles. The molecule has 1 aliphatic rings. The van der Waals surface area contributed by atoms with Crippen LogP contribution in [0.4, 0.5) is 10.1 Å². The number of fused-ring (bicyclic) bond motifs is 1. The van der Waals surface area contributed by atoms with Gasteiger partial charge in [0.25, 0.3) is 0 Å². The van der Waals surface area contributed by atoms with Gasteiger partial charge in [-0.25, -0.2) is 9.37 Å². The molecule has 4 aromatic rings. The summed E-state index contributed by atoms with van der Waals surface area (Å²) in [5.41, 5.74) is 5.64. The third-order valence-corrected chi connectivity index (χ3v) is 7.12. The van der Waals surface area contributed by atoms with E-state index in [9.17, 15) is 9.18 Å². The van der Waals surface area contributed by atoms with E-state index < -0.39 is 0 Å². The highest BCUT2D eigenvalue weighted by Crippen LogP contribution is 2.28. The summed E-state index contributed by atoms with van der Waals surface area (Å²) in [7, 11) is 1.82. The number of aryl methyl sites for hydroxylation is 3. The Balaban J connectivity index is 1.22. The fraction of sp³-hybridized carbons (Fsp3) is 0.222. The second kappa shape index (κ2) is 9.73. The second-order valence-corrected chi connectivity index (χ2v) is 9.63. The molecule has 0 spiro atoms. The van der Waals surface area contributed by atoms with Crippen LogP contribution in [0.5, 0.6) is 0 Å². The van der Waals surface area contributed by atoms with Crippen molar-refractivity contribution in [1.82, 2.24) is 14.8 Å². The molecule has 172 valence electrons. The topological polar surface area (TPSA) is 59.8 Å². The lowest BCUT2D eigenvalue weighted by Crippen LogP contribution is -2.07. The van der Waals surface area contributed by atoms with Crippen molar-refractivity contribution in [1.29, 1.82) is 0 Å². The molecular formula is C27H25FN4OS. The zero-order valence-electron chi connectivity index (χ0n) is 18.9. The van der Waals surface area contributed by atoms with Crippen molar-refractivity contribution >= 4 is 29.0 Å². The number of thiazole rings is 1. The standard InChI is InChI=1S/C27H25FN4OS/c1-32-27(19-8-11-21(28)12-9-19)20(17-29-32)10-15-25(33)30-22-13-6-18(7-14-22)16-26-31-23-4-2-3-5-24(23)34-26/h6-15,17H,2-5,16H2,1H3,(H,30,33)/b15-10+. The normalized spacial score (nSPS) is 13.2. The predicted octanol–water partition coefficient (Wildman–Crippen LogP) is 5.80. The van der Waals surface area contributed by atoms with Crippen LogP contribution >= 0.6 is 11.3 Å². The monoisotopic (exact) mass is 472 g/mol. The first-order valence-electron chi connectivity index (χ1n) is 11.4. The van der Waals surface area contributed by atoms with Crippen LogP contribution in [-0.2, 0) is 31.1 Å². The summed E-state index contributed by atoms with van der Waals surface area (Å²) in [6.45, 7) is 0. The van der Waals surface area contributed by atoms with E-state index in [1.165, 1.54) is 52.2 Å². The van der Waals surface area contributed by atoms with Gasteiger partial charge in [0.15, 0.2) is 0 Å². The third kappa shape index (κ3) is 4.99. The van der Waals surface area contributed by atoms with Crippen molar-refractivity contribution in [2.24, 2.45) is 7.05 Å². The summed E-state index contributed by atoms with van der Waals surface area (Å²) in [5.74, 6) is -0.520. The highest BCUT2D eigenvalue weighted by Gasteiger charge is 2.15. The van der Waals surface area contributed by atoms with Gasteiger partial charge >= 0.3 is 0 Å². The van der Waals surface area contributed by atoms with Crippen molar-refractivity contribution in [2.75, 3.05) is 5.32 Å². The summed E-state index contributed by atoms with van der Waals surface area (Å²) in [4.78, 5) is 18.8. The van der Waals surface area contributed by atoms with Crippen LogP contribution in [0.1, 0.15) is 39.5 Å². The highest BCUT2D eigenvalue weighted by molar-refractivity contribution is 7.11. The number of amides is 1. The van der Waals surface area contributed by atoms with E-state index in [-0.39, 0.29) is 11.7 Å². The van der Waals surface area contributed by atoms with E-state index in [1.54, 1.807) is 29.1 Å². The quantitative estimate of drug-likeness (QED) is 0.361. The minimum Gasteiger partial charge on any atom is -0.323 e. The minimum absolute atomic E-state index is 0.228. The largest absolute Gasteiger partial charge is 0.323 e. The Kier molecular flexibility index (Phi) is 6.36. The Hall–Kier alpha value is -3.58. The van der Waals surface area contributed by atoms with Crippen LogP contribution in [0, 0.1) is 5.82 Å². The number of anilines is 1. The van der Waals surface area contributed by atoms with Gasteiger partial charge in [0.2, 0.25) is 5.91 Å². The van der Waals surface area contributed by atoms with Gasteiger partial charge in [0.1, 0.15) is 5.82 Å².